The van der Waals surface area contributed by atoms with Crippen molar-refractivity contribution in [2.75, 3.05) is 21.3 Å². The second-order valence-corrected chi connectivity index (χ2v) is 5.57. The predicted molar refractivity (Wildman–Crippen MR) is 79.5 cm³/mol. The lowest BCUT2D eigenvalue weighted by atomic mass is 10.0. The number of hydrogen-bond donors (Lipinski definition) is 1. The molecule has 1 N–H and O–H groups in total. The molecule has 0 saturated carbocycles. The third-order valence-electron chi connectivity index (χ3n) is 3.08. The Kier molecular flexibility index (Phi) is 4.45. The van der Waals surface area contributed by atoms with Crippen LogP contribution in [0, 0.1) is 6.92 Å². The summed E-state index contributed by atoms with van der Waals surface area (Å²) < 4.78 is 10.9. The quantitative estimate of drug-likeness (QED) is 0.909. The topological polar surface area (TPSA) is 30.5 Å². The van der Waals surface area contributed by atoms with Crippen LogP contribution in [0.1, 0.15) is 21.4 Å². The fraction of sp³-hybridized carbons (Fsp3) is 0.333. The fourth-order valence-corrected chi connectivity index (χ4v) is 3.21. The molecule has 1 atom stereocenters. The van der Waals surface area contributed by atoms with Gasteiger partial charge in [0.05, 0.1) is 20.3 Å². The zero-order valence-electron chi connectivity index (χ0n) is 11.7. The van der Waals surface area contributed by atoms with Crippen LogP contribution in [0.3, 0.4) is 0 Å². The lowest BCUT2D eigenvalue weighted by Crippen LogP contribution is -2.17. The normalized spacial score (nSPS) is 12.2. The highest BCUT2D eigenvalue weighted by Gasteiger charge is 2.20. The van der Waals surface area contributed by atoms with Gasteiger partial charge in [-0.15, -0.1) is 11.3 Å². The molecule has 0 aliphatic rings. The summed E-state index contributed by atoms with van der Waals surface area (Å²) in [5, 5.41) is 3.35. The van der Waals surface area contributed by atoms with Crippen LogP contribution in [0.4, 0.5) is 0 Å². The molecule has 0 saturated heterocycles. The molecule has 2 aromatic rings. The number of aryl methyl sites for hydroxylation is 1. The fourth-order valence-electron chi connectivity index (χ4n) is 2.20. The van der Waals surface area contributed by atoms with Crippen molar-refractivity contribution < 1.29 is 9.47 Å². The zero-order valence-corrected chi connectivity index (χ0v) is 12.5. The van der Waals surface area contributed by atoms with Crippen molar-refractivity contribution in [2.24, 2.45) is 0 Å². The van der Waals surface area contributed by atoms with Gasteiger partial charge in [0, 0.05) is 15.3 Å². The molecule has 1 unspecified atom stereocenters. The van der Waals surface area contributed by atoms with Crippen LogP contribution in [-0.2, 0) is 0 Å². The summed E-state index contributed by atoms with van der Waals surface area (Å²) in [6.07, 6.45) is 0. The highest BCUT2D eigenvalue weighted by Crippen LogP contribution is 2.38. The standard InChI is InChI=1S/C15H19NO2S/c1-10-8-9-13(19-10)14(16-2)11-6-5-7-12(17-3)15(11)18-4/h5-9,14,16H,1-4H3. The highest BCUT2D eigenvalue weighted by atomic mass is 32.1. The van der Waals surface area contributed by atoms with E-state index < -0.39 is 0 Å². The first-order chi connectivity index (χ1) is 9.21. The van der Waals surface area contributed by atoms with Gasteiger partial charge < -0.3 is 14.8 Å². The van der Waals surface area contributed by atoms with Crippen molar-refractivity contribution >= 4 is 11.3 Å². The van der Waals surface area contributed by atoms with Gasteiger partial charge in [-0.25, -0.2) is 0 Å². The molecular formula is C15H19NO2S. The Morgan fingerprint density at radius 3 is 2.42 bits per heavy atom. The third-order valence-corrected chi connectivity index (χ3v) is 4.14. The first-order valence-corrected chi connectivity index (χ1v) is 6.97. The predicted octanol–water partition coefficient (Wildman–Crippen LogP) is 3.38. The van der Waals surface area contributed by atoms with E-state index in [0.717, 1.165) is 17.1 Å². The number of ether oxygens (including phenoxy) is 2. The number of thiophene rings is 1. The van der Waals surface area contributed by atoms with Crippen LogP contribution < -0.4 is 14.8 Å². The second kappa shape index (κ2) is 6.08. The van der Waals surface area contributed by atoms with Gasteiger partial charge in [0.25, 0.3) is 0 Å². The lowest BCUT2D eigenvalue weighted by Gasteiger charge is -2.19. The summed E-state index contributed by atoms with van der Waals surface area (Å²) in [5.41, 5.74) is 1.09. The maximum absolute atomic E-state index is 5.52. The minimum absolute atomic E-state index is 0.115. The molecule has 4 heteroatoms. The van der Waals surface area contributed by atoms with Gasteiger partial charge in [-0.1, -0.05) is 12.1 Å². The first kappa shape index (κ1) is 13.9. The van der Waals surface area contributed by atoms with Crippen molar-refractivity contribution in [2.45, 2.75) is 13.0 Å². The Hall–Kier alpha value is -1.52. The Morgan fingerprint density at radius 2 is 1.89 bits per heavy atom. The van der Waals surface area contributed by atoms with Crippen molar-refractivity contribution in [3.63, 3.8) is 0 Å². The summed E-state index contributed by atoms with van der Waals surface area (Å²) >= 11 is 1.79. The number of para-hydroxylation sites is 1. The number of rotatable bonds is 5. The van der Waals surface area contributed by atoms with Crippen molar-refractivity contribution in [3.05, 3.63) is 45.6 Å². The summed E-state index contributed by atoms with van der Waals surface area (Å²) in [5.74, 6) is 1.55. The molecule has 0 amide bonds. The zero-order chi connectivity index (χ0) is 13.8. The molecule has 19 heavy (non-hydrogen) atoms. The van der Waals surface area contributed by atoms with E-state index >= 15 is 0 Å². The number of benzene rings is 1. The van der Waals surface area contributed by atoms with Gasteiger partial charge in [0.1, 0.15) is 0 Å². The number of hydrogen-bond acceptors (Lipinski definition) is 4. The first-order valence-electron chi connectivity index (χ1n) is 6.15. The molecule has 1 aromatic heterocycles. The molecule has 3 nitrogen and oxygen atoms in total. The van der Waals surface area contributed by atoms with E-state index in [1.807, 2.05) is 19.2 Å². The molecule has 1 heterocycles. The second-order valence-electron chi connectivity index (χ2n) is 4.25. The lowest BCUT2D eigenvalue weighted by molar-refractivity contribution is 0.349. The molecule has 0 aliphatic heterocycles. The summed E-state index contributed by atoms with van der Waals surface area (Å²) in [4.78, 5) is 2.57. The van der Waals surface area contributed by atoms with Gasteiger partial charge in [-0.05, 0) is 32.2 Å². The molecule has 0 fully saturated rings. The van der Waals surface area contributed by atoms with Crippen LogP contribution in [0.2, 0.25) is 0 Å². The van der Waals surface area contributed by atoms with E-state index in [1.165, 1.54) is 9.75 Å². The maximum atomic E-state index is 5.52. The van der Waals surface area contributed by atoms with E-state index in [4.69, 9.17) is 9.47 Å². The van der Waals surface area contributed by atoms with Crippen molar-refractivity contribution in [3.8, 4) is 11.5 Å². The average Bonchev–Trinajstić information content (AvgIpc) is 2.85. The maximum Gasteiger partial charge on any atom is 0.165 e. The van der Waals surface area contributed by atoms with Crippen LogP contribution in [0.5, 0.6) is 11.5 Å². The molecule has 0 bridgehead atoms. The SMILES string of the molecule is CNC(c1ccc(C)s1)c1cccc(OC)c1OC. The Balaban J connectivity index is 2.49. The van der Waals surface area contributed by atoms with Gasteiger partial charge in [0.2, 0.25) is 0 Å². The number of nitrogens with one attached hydrogen (secondary N) is 1. The summed E-state index contributed by atoms with van der Waals surface area (Å²) in [6, 6.07) is 10.4. The Morgan fingerprint density at radius 1 is 1.11 bits per heavy atom. The van der Waals surface area contributed by atoms with E-state index in [0.29, 0.717) is 0 Å². The molecule has 0 spiro atoms. The monoisotopic (exact) mass is 277 g/mol. The summed E-state index contributed by atoms with van der Waals surface area (Å²) in [7, 11) is 5.29. The van der Waals surface area contributed by atoms with Crippen LogP contribution in [-0.4, -0.2) is 21.3 Å². The van der Waals surface area contributed by atoms with E-state index in [-0.39, 0.29) is 6.04 Å². The summed E-state index contributed by atoms with van der Waals surface area (Å²) in [6.45, 7) is 2.11. The van der Waals surface area contributed by atoms with E-state index in [1.54, 1.807) is 25.6 Å². The number of methoxy groups -OCH3 is 2. The third kappa shape index (κ3) is 2.74. The molecular weight excluding hydrogens is 258 g/mol. The molecule has 102 valence electrons. The molecule has 0 radical (unpaired) electrons. The Labute approximate surface area is 118 Å². The van der Waals surface area contributed by atoms with E-state index in [2.05, 4.69) is 30.4 Å². The minimum atomic E-state index is 0.115. The minimum Gasteiger partial charge on any atom is -0.493 e. The molecule has 0 aliphatic carbocycles. The van der Waals surface area contributed by atoms with Gasteiger partial charge >= 0.3 is 0 Å². The van der Waals surface area contributed by atoms with Gasteiger partial charge in [0.15, 0.2) is 11.5 Å². The van der Waals surface area contributed by atoms with Crippen LogP contribution >= 0.6 is 11.3 Å². The van der Waals surface area contributed by atoms with E-state index in [9.17, 15) is 0 Å². The smallest absolute Gasteiger partial charge is 0.165 e. The van der Waals surface area contributed by atoms with Crippen molar-refractivity contribution in [1.29, 1.82) is 0 Å². The Bertz CT molecular complexity index is 551. The van der Waals surface area contributed by atoms with Gasteiger partial charge in [-0.3, -0.25) is 0 Å². The van der Waals surface area contributed by atoms with Crippen LogP contribution in [0.25, 0.3) is 0 Å². The molecule has 1 aromatic carbocycles. The average molecular weight is 277 g/mol. The van der Waals surface area contributed by atoms with Crippen LogP contribution in [0.15, 0.2) is 30.3 Å². The molecule has 2 rings (SSSR count). The largest absolute Gasteiger partial charge is 0.493 e. The van der Waals surface area contributed by atoms with Crippen molar-refractivity contribution in [1.82, 2.24) is 5.32 Å². The van der Waals surface area contributed by atoms with Gasteiger partial charge in [-0.2, -0.15) is 0 Å². The highest BCUT2D eigenvalue weighted by molar-refractivity contribution is 7.12.